The average Bonchev–Trinajstić information content (AvgIpc) is 2.95. The third-order valence-corrected chi connectivity index (χ3v) is 3.11. The lowest BCUT2D eigenvalue weighted by molar-refractivity contribution is -0.139. The second-order valence-electron chi connectivity index (χ2n) is 4.44. The van der Waals surface area contributed by atoms with Crippen molar-refractivity contribution < 1.29 is 14.3 Å². The van der Waals surface area contributed by atoms with Gasteiger partial charge >= 0.3 is 5.97 Å². The molecular formula is C12H19ClN4O3. The molecule has 8 heteroatoms. The Bertz CT molecular complexity index is 457. The number of piperidine rings is 1. The second kappa shape index (κ2) is 7.86. The van der Waals surface area contributed by atoms with Crippen LogP contribution in [-0.4, -0.2) is 48.4 Å². The van der Waals surface area contributed by atoms with Gasteiger partial charge in [-0.2, -0.15) is 5.10 Å². The number of ether oxygens (including phenoxy) is 1. The summed E-state index contributed by atoms with van der Waals surface area (Å²) in [6.07, 6.45) is 3.96. The van der Waals surface area contributed by atoms with Crippen LogP contribution < -0.4 is 10.6 Å². The van der Waals surface area contributed by atoms with Crippen LogP contribution in [0.2, 0.25) is 0 Å². The molecule has 1 atom stereocenters. The Balaban J connectivity index is 0.00000200. The first kappa shape index (κ1) is 16.5. The molecule has 0 bridgehead atoms. The monoisotopic (exact) mass is 302 g/mol. The number of rotatable bonds is 4. The van der Waals surface area contributed by atoms with Crippen molar-refractivity contribution in [1.29, 1.82) is 0 Å². The van der Waals surface area contributed by atoms with Gasteiger partial charge in [0.1, 0.15) is 12.2 Å². The van der Waals surface area contributed by atoms with Crippen molar-refractivity contribution in [3.63, 3.8) is 0 Å². The minimum Gasteiger partial charge on any atom is -0.468 e. The van der Waals surface area contributed by atoms with Gasteiger partial charge in [-0.05, 0) is 25.5 Å². The van der Waals surface area contributed by atoms with Gasteiger partial charge in [-0.25, -0.2) is 0 Å². The molecule has 7 nitrogen and oxygen atoms in total. The summed E-state index contributed by atoms with van der Waals surface area (Å²) in [5.74, 6) is -0.850. The number of hydrogen-bond donors (Lipinski definition) is 2. The van der Waals surface area contributed by atoms with Crippen LogP contribution in [-0.2, 0) is 9.53 Å². The van der Waals surface area contributed by atoms with E-state index in [1.807, 2.05) is 0 Å². The lowest BCUT2D eigenvalue weighted by atomic mass is 10.1. The topological polar surface area (TPSA) is 85.2 Å². The smallest absolute Gasteiger partial charge is 0.325 e. The van der Waals surface area contributed by atoms with Crippen molar-refractivity contribution in [2.75, 3.05) is 26.7 Å². The lowest BCUT2D eigenvalue weighted by Crippen LogP contribution is -2.33. The molecule has 112 valence electrons. The van der Waals surface area contributed by atoms with E-state index in [4.69, 9.17) is 0 Å². The van der Waals surface area contributed by atoms with Gasteiger partial charge in [0.25, 0.3) is 5.91 Å². The third-order valence-electron chi connectivity index (χ3n) is 3.11. The van der Waals surface area contributed by atoms with E-state index in [9.17, 15) is 9.59 Å². The molecule has 1 aliphatic rings. The quantitative estimate of drug-likeness (QED) is 0.772. The lowest BCUT2D eigenvalue weighted by Gasteiger charge is -2.22. The highest BCUT2D eigenvalue weighted by Crippen LogP contribution is 2.15. The molecule has 2 rings (SSSR count). The van der Waals surface area contributed by atoms with Gasteiger partial charge in [0, 0.05) is 12.7 Å². The van der Waals surface area contributed by atoms with Crippen LogP contribution in [0.4, 0.5) is 0 Å². The summed E-state index contributed by atoms with van der Waals surface area (Å²) in [4.78, 5) is 22.7. The largest absolute Gasteiger partial charge is 0.468 e. The highest BCUT2D eigenvalue weighted by molar-refractivity contribution is 5.94. The number of nitrogens with zero attached hydrogens (tertiary/aromatic N) is 2. The molecule has 1 aromatic rings. The summed E-state index contributed by atoms with van der Waals surface area (Å²) in [5, 5.41) is 10.0. The highest BCUT2D eigenvalue weighted by Gasteiger charge is 2.17. The molecule has 2 heterocycles. The minimum atomic E-state index is -0.482. The summed E-state index contributed by atoms with van der Waals surface area (Å²) < 4.78 is 6.25. The molecule has 0 saturated carbocycles. The standard InChI is InChI=1S/C12H18N4O3.ClH/c1-19-11(17)8-14-12(18)10-4-6-16(15-10)9-3-2-5-13-7-9;/h4,6,9,13H,2-3,5,7-8H2,1H3,(H,14,18);1H. The van der Waals surface area contributed by atoms with Crippen molar-refractivity contribution in [2.45, 2.75) is 18.9 Å². The number of nitrogens with one attached hydrogen (secondary N) is 2. The van der Waals surface area contributed by atoms with E-state index < -0.39 is 5.97 Å². The first-order chi connectivity index (χ1) is 9.20. The molecule has 0 radical (unpaired) electrons. The van der Waals surface area contributed by atoms with Crippen LogP contribution in [0.15, 0.2) is 12.3 Å². The normalized spacial score (nSPS) is 17.9. The van der Waals surface area contributed by atoms with Gasteiger partial charge < -0.3 is 15.4 Å². The molecule has 1 aromatic heterocycles. The summed E-state index contributed by atoms with van der Waals surface area (Å²) in [5.41, 5.74) is 0.314. The number of methoxy groups -OCH3 is 1. The molecule has 0 aromatic carbocycles. The van der Waals surface area contributed by atoms with Gasteiger partial charge in [-0.3, -0.25) is 14.3 Å². The number of carbonyl (C=O) groups excluding carboxylic acids is 2. The Hall–Kier alpha value is -1.60. The minimum absolute atomic E-state index is 0. The molecule has 1 unspecified atom stereocenters. The SMILES string of the molecule is COC(=O)CNC(=O)c1ccn(C2CCCNC2)n1.Cl. The summed E-state index contributed by atoms with van der Waals surface area (Å²) in [6, 6.07) is 1.94. The van der Waals surface area contributed by atoms with E-state index in [2.05, 4.69) is 20.5 Å². The predicted molar refractivity (Wildman–Crippen MR) is 75.0 cm³/mol. The number of esters is 1. The maximum Gasteiger partial charge on any atom is 0.325 e. The summed E-state index contributed by atoms with van der Waals surface area (Å²) >= 11 is 0. The fraction of sp³-hybridized carbons (Fsp3) is 0.583. The molecule has 0 spiro atoms. The van der Waals surface area contributed by atoms with E-state index in [-0.39, 0.29) is 30.9 Å². The Morgan fingerprint density at radius 1 is 1.60 bits per heavy atom. The molecule has 20 heavy (non-hydrogen) atoms. The number of aromatic nitrogens is 2. The predicted octanol–water partition coefficient (Wildman–Crippen LogP) is 0.132. The Morgan fingerprint density at radius 3 is 3.05 bits per heavy atom. The maximum absolute atomic E-state index is 11.8. The van der Waals surface area contributed by atoms with Crippen LogP contribution in [0.25, 0.3) is 0 Å². The molecule has 2 N–H and O–H groups in total. The van der Waals surface area contributed by atoms with E-state index in [1.54, 1.807) is 16.9 Å². The molecule has 1 amide bonds. The fourth-order valence-corrected chi connectivity index (χ4v) is 2.04. The van der Waals surface area contributed by atoms with Crippen LogP contribution in [0.3, 0.4) is 0 Å². The van der Waals surface area contributed by atoms with Gasteiger partial charge in [0.05, 0.1) is 13.2 Å². The summed E-state index contributed by atoms with van der Waals surface area (Å²) in [7, 11) is 1.28. The Morgan fingerprint density at radius 2 is 2.40 bits per heavy atom. The van der Waals surface area contributed by atoms with Crippen molar-refractivity contribution in [3.05, 3.63) is 18.0 Å². The van der Waals surface area contributed by atoms with Gasteiger partial charge in [-0.15, -0.1) is 12.4 Å². The van der Waals surface area contributed by atoms with E-state index in [0.717, 1.165) is 25.9 Å². The Kier molecular flexibility index (Phi) is 6.47. The number of carbonyl (C=O) groups is 2. The van der Waals surface area contributed by atoms with Gasteiger partial charge in [-0.1, -0.05) is 0 Å². The zero-order valence-corrected chi connectivity index (χ0v) is 12.1. The number of halogens is 1. The molecule has 0 aliphatic carbocycles. The fourth-order valence-electron chi connectivity index (χ4n) is 2.04. The zero-order valence-electron chi connectivity index (χ0n) is 11.3. The van der Waals surface area contributed by atoms with Crippen LogP contribution in [0, 0.1) is 0 Å². The van der Waals surface area contributed by atoms with Gasteiger partial charge in [0.15, 0.2) is 0 Å². The van der Waals surface area contributed by atoms with Crippen molar-refractivity contribution in [2.24, 2.45) is 0 Å². The zero-order chi connectivity index (χ0) is 13.7. The van der Waals surface area contributed by atoms with Crippen molar-refractivity contribution >= 4 is 24.3 Å². The first-order valence-corrected chi connectivity index (χ1v) is 6.31. The van der Waals surface area contributed by atoms with Gasteiger partial charge in [0.2, 0.25) is 0 Å². The number of hydrogen-bond acceptors (Lipinski definition) is 5. The van der Waals surface area contributed by atoms with Crippen LogP contribution in [0.1, 0.15) is 29.4 Å². The molecule has 1 aliphatic heterocycles. The van der Waals surface area contributed by atoms with Crippen LogP contribution >= 0.6 is 12.4 Å². The van der Waals surface area contributed by atoms with E-state index >= 15 is 0 Å². The average molecular weight is 303 g/mol. The van der Waals surface area contributed by atoms with Crippen LogP contribution in [0.5, 0.6) is 0 Å². The number of amides is 1. The van der Waals surface area contributed by atoms with E-state index in [0.29, 0.717) is 5.69 Å². The maximum atomic E-state index is 11.8. The first-order valence-electron chi connectivity index (χ1n) is 6.31. The third kappa shape index (κ3) is 4.21. The van der Waals surface area contributed by atoms with Crippen molar-refractivity contribution in [3.8, 4) is 0 Å². The highest BCUT2D eigenvalue weighted by atomic mass is 35.5. The van der Waals surface area contributed by atoms with Crippen molar-refractivity contribution in [1.82, 2.24) is 20.4 Å². The Labute approximate surface area is 123 Å². The molecule has 1 fully saturated rings. The summed E-state index contributed by atoms with van der Waals surface area (Å²) in [6.45, 7) is 1.75. The second-order valence-corrected chi connectivity index (χ2v) is 4.44. The van der Waals surface area contributed by atoms with E-state index in [1.165, 1.54) is 7.11 Å². The molecular weight excluding hydrogens is 284 g/mol. The molecule has 1 saturated heterocycles.